The number of ether oxygens (including phenoxy) is 1. The highest BCUT2D eigenvalue weighted by Gasteiger charge is 2.59. The SMILES string of the molecule is CCC(C)Nc1nc(Nc2cccc([N+](=O)[O-])c2)nc(OC(C(F)(F)F)C(F)(F)F)n1. The van der Waals surface area contributed by atoms with E-state index >= 15 is 0 Å². The number of hydrogen-bond acceptors (Lipinski definition) is 8. The molecule has 2 aromatic rings. The fraction of sp³-hybridized carbons (Fsp3) is 0.438. The smallest absolute Gasteiger partial charge is 0.434 e. The molecule has 15 heteroatoms. The van der Waals surface area contributed by atoms with Gasteiger partial charge in [-0.3, -0.25) is 10.1 Å². The lowest BCUT2D eigenvalue weighted by atomic mass is 10.3. The van der Waals surface area contributed by atoms with Gasteiger partial charge in [-0.25, -0.2) is 0 Å². The molecule has 1 heterocycles. The third-order valence-electron chi connectivity index (χ3n) is 3.73. The summed E-state index contributed by atoms with van der Waals surface area (Å²) in [6.45, 7) is 3.44. The fourth-order valence-electron chi connectivity index (χ4n) is 2.10. The van der Waals surface area contributed by atoms with Crippen molar-refractivity contribution in [3.05, 3.63) is 34.4 Å². The van der Waals surface area contributed by atoms with E-state index in [1.165, 1.54) is 18.2 Å². The maximum Gasteiger partial charge on any atom is 0.434 e. The summed E-state index contributed by atoms with van der Waals surface area (Å²) >= 11 is 0. The lowest BCUT2D eigenvalue weighted by molar-refractivity contribution is -0.384. The Kier molecular flexibility index (Phi) is 7.07. The molecule has 31 heavy (non-hydrogen) atoms. The van der Waals surface area contributed by atoms with Crippen molar-refractivity contribution in [1.82, 2.24) is 15.0 Å². The predicted octanol–water partition coefficient (Wildman–Crippen LogP) is 4.61. The summed E-state index contributed by atoms with van der Waals surface area (Å²) in [5.41, 5.74) is -0.258. The number of nitrogens with zero attached hydrogens (tertiary/aromatic N) is 4. The number of alkyl halides is 6. The second kappa shape index (κ2) is 9.18. The normalized spacial score (nSPS) is 13.1. The Bertz CT molecular complexity index is 909. The number of aromatic nitrogens is 3. The van der Waals surface area contributed by atoms with Gasteiger partial charge in [-0.05, 0) is 19.4 Å². The number of non-ortho nitro benzene ring substituents is 1. The number of nitrogens with one attached hydrogen (secondary N) is 2. The monoisotopic (exact) mass is 454 g/mol. The maximum atomic E-state index is 12.8. The lowest BCUT2D eigenvalue weighted by Gasteiger charge is -2.23. The van der Waals surface area contributed by atoms with Crippen LogP contribution in [0.1, 0.15) is 20.3 Å². The van der Waals surface area contributed by atoms with Gasteiger partial charge in [-0.15, -0.1) is 0 Å². The van der Waals surface area contributed by atoms with Crippen molar-refractivity contribution in [2.24, 2.45) is 0 Å². The molecular formula is C16H16F6N6O3. The zero-order chi connectivity index (χ0) is 23.4. The van der Waals surface area contributed by atoms with Crippen molar-refractivity contribution in [2.45, 2.75) is 44.8 Å². The average Bonchev–Trinajstić information content (AvgIpc) is 2.64. The highest BCUT2D eigenvalue weighted by atomic mass is 19.4. The van der Waals surface area contributed by atoms with E-state index in [-0.39, 0.29) is 23.4 Å². The highest BCUT2D eigenvalue weighted by molar-refractivity contribution is 5.58. The number of anilines is 3. The number of rotatable bonds is 8. The highest BCUT2D eigenvalue weighted by Crippen LogP contribution is 2.36. The van der Waals surface area contributed by atoms with Gasteiger partial charge in [0.25, 0.3) is 11.8 Å². The third kappa shape index (κ3) is 6.82. The van der Waals surface area contributed by atoms with Crippen LogP contribution in [0.4, 0.5) is 49.6 Å². The van der Waals surface area contributed by atoms with Crippen LogP contribution in [-0.2, 0) is 0 Å². The Morgan fingerprint density at radius 2 is 1.71 bits per heavy atom. The minimum Gasteiger partial charge on any atom is -0.440 e. The Hall–Kier alpha value is -3.39. The summed E-state index contributed by atoms with van der Waals surface area (Å²) < 4.78 is 81.0. The zero-order valence-electron chi connectivity index (χ0n) is 16.0. The number of nitro benzene ring substituents is 1. The number of hydrogen-bond donors (Lipinski definition) is 2. The summed E-state index contributed by atoms with van der Waals surface area (Å²) in [6, 6.07) is 3.38. The van der Waals surface area contributed by atoms with Crippen LogP contribution in [0.25, 0.3) is 0 Å². The molecule has 0 aliphatic heterocycles. The van der Waals surface area contributed by atoms with Crippen LogP contribution in [0, 0.1) is 10.1 Å². The van der Waals surface area contributed by atoms with Crippen LogP contribution in [0.15, 0.2) is 24.3 Å². The van der Waals surface area contributed by atoms with Crippen molar-refractivity contribution in [2.75, 3.05) is 10.6 Å². The molecule has 0 spiro atoms. The molecule has 170 valence electrons. The second-order valence-corrected chi connectivity index (χ2v) is 6.23. The topological polar surface area (TPSA) is 115 Å². The Morgan fingerprint density at radius 1 is 1.10 bits per heavy atom. The molecule has 0 aliphatic rings. The third-order valence-corrected chi connectivity index (χ3v) is 3.73. The first-order valence-corrected chi connectivity index (χ1v) is 8.63. The molecule has 1 aromatic carbocycles. The number of nitro groups is 1. The van der Waals surface area contributed by atoms with Gasteiger partial charge in [0.05, 0.1) is 4.92 Å². The standard InChI is InChI=1S/C16H16F6N6O3/c1-3-8(2)23-12-25-13(24-9-5-4-6-10(7-9)28(29)30)27-14(26-12)31-11(15(17,18)19)16(20,21)22/h4-8,11H,3H2,1-2H3,(H2,23,24,25,26,27). The van der Waals surface area contributed by atoms with Crippen LogP contribution in [0.2, 0.25) is 0 Å². The summed E-state index contributed by atoms with van der Waals surface area (Å²) in [5, 5.41) is 16.0. The molecule has 0 saturated carbocycles. The molecule has 0 saturated heterocycles. The van der Waals surface area contributed by atoms with Gasteiger partial charge in [0.1, 0.15) is 0 Å². The Labute approximate surface area is 171 Å². The van der Waals surface area contributed by atoms with Crippen LogP contribution in [0.5, 0.6) is 6.01 Å². The van der Waals surface area contributed by atoms with Crippen molar-refractivity contribution < 1.29 is 36.0 Å². The summed E-state index contributed by atoms with van der Waals surface area (Å²) in [6.07, 6.45) is -15.2. The zero-order valence-corrected chi connectivity index (χ0v) is 16.0. The first-order chi connectivity index (χ1) is 14.3. The number of halogens is 6. The van der Waals surface area contributed by atoms with Crippen LogP contribution < -0.4 is 15.4 Å². The van der Waals surface area contributed by atoms with Crippen LogP contribution in [-0.4, -0.2) is 44.4 Å². The van der Waals surface area contributed by atoms with Gasteiger partial charge in [-0.2, -0.15) is 41.3 Å². The van der Waals surface area contributed by atoms with E-state index in [2.05, 4.69) is 30.3 Å². The van der Waals surface area contributed by atoms with Gasteiger partial charge in [-0.1, -0.05) is 13.0 Å². The van der Waals surface area contributed by atoms with Crippen molar-refractivity contribution in [3.8, 4) is 6.01 Å². The summed E-state index contributed by atoms with van der Waals surface area (Å²) in [5.74, 6) is -0.838. The van der Waals surface area contributed by atoms with Gasteiger partial charge in [0.2, 0.25) is 11.9 Å². The van der Waals surface area contributed by atoms with E-state index in [4.69, 9.17) is 0 Å². The predicted molar refractivity (Wildman–Crippen MR) is 96.1 cm³/mol. The first kappa shape index (κ1) is 23.9. The molecule has 0 amide bonds. The average molecular weight is 454 g/mol. The summed E-state index contributed by atoms with van der Waals surface area (Å²) in [7, 11) is 0. The van der Waals surface area contributed by atoms with Gasteiger partial charge in [0.15, 0.2) is 0 Å². The molecule has 1 aromatic heterocycles. The summed E-state index contributed by atoms with van der Waals surface area (Å²) in [4.78, 5) is 21.0. The van der Waals surface area contributed by atoms with Crippen molar-refractivity contribution in [3.63, 3.8) is 0 Å². The Morgan fingerprint density at radius 3 is 2.26 bits per heavy atom. The molecular weight excluding hydrogens is 438 g/mol. The second-order valence-electron chi connectivity index (χ2n) is 6.23. The molecule has 0 aliphatic carbocycles. The van der Waals surface area contributed by atoms with Crippen molar-refractivity contribution >= 4 is 23.3 Å². The van der Waals surface area contributed by atoms with E-state index in [9.17, 15) is 36.5 Å². The van der Waals surface area contributed by atoms with Crippen molar-refractivity contribution in [1.29, 1.82) is 0 Å². The van der Waals surface area contributed by atoms with E-state index in [0.717, 1.165) is 6.07 Å². The Balaban J connectivity index is 2.43. The molecule has 9 nitrogen and oxygen atoms in total. The molecule has 0 fully saturated rings. The minimum atomic E-state index is -5.77. The molecule has 0 radical (unpaired) electrons. The minimum absolute atomic E-state index is 0.0593. The molecule has 2 rings (SSSR count). The first-order valence-electron chi connectivity index (χ1n) is 8.63. The van der Waals surface area contributed by atoms with Gasteiger partial charge in [0, 0.05) is 23.9 Å². The van der Waals surface area contributed by atoms with E-state index in [1.807, 2.05) is 0 Å². The molecule has 1 atom stereocenters. The molecule has 2 N–H and O–H groups in total. The van der Waals surface area contributed by atoms with Gasteiger partial charge < -0.3 is 15.4 Å². The fourth-order valence-corrected chi connectivity index (χ4v) is 2.10. The molecule has 1 unspecified atom stereocenters. The van der Waals surface area contributed by atoms with Crippen LogP contribution in [0.3, 0.4) is 0 Å². The lowest BCUT2D eigenvalue weighted by Crippen LogP contribution is -2.47. The van der Waals surface area contributed by atoms with E-state index < -0.39 is 35.3 Å². The van der Waals surface area contributed by atoms with E-state index in [1.54, 1.807) is 13.8 Å². The number of benzene rings is 1. The maximum absolute atomic E-state index is 12.8. The largest absolute Gasteiger partial charge is 0.440 e. The van der Waals surface area contributed by atoms with Gasteiger partial charge >= 0.3 is 18.4 Å². The molecule has 0 bridgehead atoms. The quantitative estimate of drug-likeness (QED) is 0.338. The van der Waals surface area contributed by atoms with E-state index in [0.29, 0.717) is 6.42 Å². The van der Waals surface area contributed by atoms with Crippen LogP contribution >= 0.6 is 0 Å².